The molecule has 2 amide bonds. The molecule has 0 fully saturated rings. The highest BCUT2D eigenvalue weighted by atomic mass is 19.1. The minimum atomic E-state index is -0.671. The normalized spacial score (nSPS) is 17.0. The molecule has 136 valence electrons. The van der Waals surface area contributed by atoms with Crippen molar-refractivity contribution >= 4 is 28.3 Å². The van der Waals surface area contributed by atoms with Gasteiger partial charge in [-0.3, -0.25) is 9.59 Å². The quantitative estimate of drug-likeness (QED) is 0.735. The maximum Gasteiger partial charge on any atom is 0.250 e. The number of carbonyl (C=O) groups is 2. The molecule has 0 saturated heterocycles. The van der Waals surface area contributed by atoms with Crippen LogP contribution in [-0.2, 0) is 4.79 Å². The molecule has 0 bridgehead atoms. The highest BCUT2D eigenvalue weighted by Crippen LogP contribution is 2.37. The minimum absolute atomic E-state index is 0.144. The molecule has 0 spiro atoms. The summed E-state index contributed by atoms with van der Waals surface area (Å²) in [6, 6.07) is 1.03. The number of carbonyl (C=O) groups excluding carboxylic acids is 2. The summed E-state index contributed by atoms with van der Waals surface area (Å²) in [7, 11) is 0. The number of nitrogens with one attached hydrogen (secondary N) is 2. The van der Waals surface area contributed by atoms with Crippen LogP contribution in [-0.4, -0.2) is 22.8 Å². The molecule has 0 aliphatic heterocycles. The smallest absolute Gasteiger partial charge is 0.250 e. The van der Waals surface area contributed by atoms with Crippen LogP contribution >= 0.6 is 0 Å². The van der Waals surface area contributed by atoms with Crippen molar-refractivity contribution in [2.24, 2.45) is 5.73 Å². The molecule has 1 aliphatic carbocycles. The number of hydrogen-bond donors (Lipinski definition) is 3. The lowest BCUT2D eigenvalue weighted by atomic mass is 9.87. The zero-order valence-electron chi connectivity index (χ0n) is 14.9. The number of rotatable bonds is 4. The van der Waals surface area contributed by atoms with Crippen LogP contribution in [0, 0.1) is 19.7 Å². The second kappa shape index (κ2) is 6.78. The molecule has 1 aromatic heterocycles. The first-order valence-corrected chi connectivity index (χ1v) is 8.58. The number of H-pyrrole nitrogens is 1. The van der Waals surface area contributed by atoms with Crippen LogP contribution in [0.5, 0.6) is 0 Å². The van der Waals surface area contributed by atoms with Crippen LogP contribution in [0.25, 0.3) is 16.5 Å². The van der Waals surface area contributed by atoms with Gasteiger partial charge >= 0.3 is 0 Å². The third-order valence-electron chi connectivity index (χ3n) is 4.99. The SMILES string of the molecule is C=CC(=O)NC1C=C(c2c(F)cc(C(N)=O)c3[nH]c(C)c(C)c23)CCC1. The van der Waals surface area contributed by atoms with Crippen molar-refractivity contribution < 1.29 is 14.0 Å². The summed E-state index contributed by atoms with van der Waals surface area (Å²) < 4.78 is 15.0. The second-order valence-corrected chi connectivity index (χ2v) is 6.67. The Morgan fingerprint density at radius 1 is 1.42 bits per heavy atom. The maximum atomic E-state index is 15.0. The number of aromatic amines is 1. The van der Waals surface area contributed by atoms with Crippen LogP contribution in [0.3, 0.4) is 0 Å². The number of hydrogen-bond acceptors (Lipinski definition) is 2. The van der Waals surface area contributed by atoms with Crippen molar-refractivity contribution in [1.82, 2.24) is 10.3 Å². The maximum absolute atomic E-state index is 15.0. The summed E-state index contributed by atoms with van der Waals surface area (Å²) >= 11 is 0. The number of primary amides is 1. The third-order valence-corrected chi connectivity index (χ3v) is 4.99. The summed E-state index contributed by atoms with van der Waals surface area (Å²) in [5, 5.41) is 3.53. The molecule has 1 aliphatic rings. The van der Waals surface area contributed by atoms with Gasteiger partial charge in [0, 0.05) is 22.7 Å². The van der Waals surface area contributed by atoms with Gasteiger partial charge in [0.2, 0.25) is 5.91 Å². The fourth-order valence-electron chi connectivity index (χ4n) is 3.62. The standard InChI is InChI=1S/C20H22FN3O2/c1-4-16(25)24-13-7-5-6-12(8-13)18-15(21)9-14(20(22)26)19-17(18)10(2)11(3)23-19/h4,8-9,13,23H,1,5-7H2,2-3H3,(H2,22,26)(H,24,25). The Bertz CT molecular complexity index is 956. The Kier molecular flexibility index (Phi) is 4.68. The van der Waals surface area contributed by atoms with E-state index in [-0.39, 0.29) is 17.5 Å². The Labute approximate surface area is 151 Å². The summed E-state index contributed by atoms with van der Waals surface area (Å²) in [6.07, 6.45) is 5.44. The lowest BCUT2D eigenvalue weighted by Crippen LogP contribution is -2.33. The monoisotopic (exact) mass is 355 g/mol. The number of fused-ring (bicyclic) bond motifs is 1. The van der Waals surface area contributed by atoms with Crippen molar-refractivity contribution in [1.29, 1.82) is 0 Å². The first-order valence-electron chi connectivity index (χ1n) is 8.58. The molecule has 1 heterocycles. The molecule has 0 saturated carbocycles. The molecule has 5 nitrogen and oxygen atoms in total. The molecular formula is C20H22FN3O2. The molecular weight excluding hydrogens is 333 g/mol. The van der Waals surface area contributed by atoms with E-state index < -0.39 is 11.7 Å². The Morgan fingerprint density at radius 2 is 2.15 bits per heavy atom. The molecule has 3 rings (SSSR count). The predicted octanol–water partition coefficient (Wildman–Crippen LogP) is 3.26. The van der Waals surface area contributed by atoms with Crippen LogP contribution in [0.2, 0.25) is 0 Å². The topological polar surface area (TPSA) is 88.0 Å². The Balaban J connectivity index is 2.20. The second-order valence-electron chi connectivity index (χ2n) is 6.67. The van der Waals surface area contributed by atoms with Gasteiger partial charge in [-0.2, -0.15) is 0 Å². The lowest BCUT2D eigenvalue weighted by molar-refractivity contribution is -0.116. The molecule has 0 radical (unpaired) electrons. The summed E-state index contributed by atoms with van der Waals surface area (Å²) in [4.78, 5) is 26.5. The van der Waals surface area contributed by atoms with Crippen LogP contribution in [0.4, 0.5) is 4.39 Å². The number of amides is 2. The molecule has 26 heavy (non-hydrogen) atoms. The molecule has 6 heteroatoms. The highest BCUT2D eigenvalue weighted by Gasteiger charge is 2.24. The minimum Gasteiger partial charge on any atom is -0.366 e. The first-order chi connectivity index (χ1) is 12.3. The largest absolute Gasteiger partial charge is 0.366 e. The average Bonchev–Trinajstić information content (AvgIpc) is 2.89. The van der Waals surface area contributed by atoms with E-state index in [1.54, 1.807) is 0 Å². The first kappa shape index (κ1) is 17.9. The van der Waals surface area contributed by atoms with Crippen molar-refractivity contribution in [3.8, 4) is 0 Å². The van der Waals surface area contributed by atoms with Crippen molar-refractivity contribution in [2.45, 2.75) is 39.2 Å². The van der Waals surface area contributed by atoms with Crippen LogP contribution < -0.4 is 11.1 Å². The fourth-order valence-corrected chi connectivity index (χ4v) is 3.62. The Hall–Kier alpha value is -2.89. The molecule has 1 atom stereocenters. The molecule has 1 unspecified atom stereocenters. The number of nitrogens with two attached hydrogens (primary N) is 1. The van der Waals surface area contributed by atoms with Crippen LogP contribution in [0.15, 0.2) is 24.8 Å². The van der Waals surface area contributed by atoms with Gasteiger partial charge in [-0.05, 0) is 56.4 Å². The summed E-state index contributed by atoms with van der Waals surface area (Å²) in [5.74, 6) is -1.40. The lowest BCUT2D eigenvalue weighted by Gasteiger charge is -2.23. The van der Waals surface area contributed by atoms with Gasteiger partial charge in [-0.15, -0.1) is 0 Å². The van der Waals surface area contributed by atoms with E-state index in [1.165, 1.54) is 12.1 Å². The van der Waals surface area contributed by atoms with E-state index in [4.69, 9.17) is 5.73 Å². The van der Waals surface area contributed by atoms with Gasteiger partial charge in [0.1, 0.15) is 5.82 Å². The van der Waals surface area contributed by atoms with Gasteiger partial charge in [0.15, 0.2) is 0 Å². The molecule has 1 aromatic carbocycles. The zero-order valence-corrected chi connectivity index (χ0v) is 14.9. The zero-order chi connectivity index (χ0) is 19.0. The fraction of sp³-hybridized carbons (Fsp3) is 0.300. The number of allylic oxidation sites excluding steroid dienone is 1. The number of aromatic nitrogens is 1. The van der Waals surface area contributed by atoms with Gasteiger partial charge in [0.25, 0.3) is 5.91 Å². The highest BCUT2D eigenvalue weighted by molar-refractivity contribution is 6.09. The number of benzene rings is 1. The van der Waals surface area contributed by atoms with Gasteiger partial charge in [-0.1, -0.05) is 12.7 Å². The van der Waals surface area contributed by atoms with Crippen molar-refractivity contribution in [3.05, 3.63) is 53.0 Å². The molecule has 2 aromatic rings. The summed E-state index contributed by atoms with van der Waals surface area (Å²) in [6.45, 7) is 7.23. The number of halogens is 1. The summed E-state index contributed by atoms with van der Waals surface area (Å²) in [5.41, 5.74) is 9.18. The van der Waals surface area contributed by atoms with Crippen molar-refractivity contribution in [3.63, 3.8) is 0 Å². The van der Waals surface area contributed by atoms with E-state index in [0.29, 0.717) is 22.9 Å². The van der Waals surface area contributed by atoms with E-state index >= 15 is 4.39 Å². The van der Waals surface area contributed by atoms with E-state index in [2.05, 4.69) is 16.9 Å². The van der Waals surface area contributed by atoms with Crippen LogP contribution in [0.1, 0.15) is 46.4 Å². The van der Waals surface area contributed by atoms with E-state index in [0.717, 1.165) is 29.7 Å². The molecule has 4 N–H and O–H groups in total. The third kappa shape index (κ3) is 3.03. The van der Waals surface area contributed by atoms with E-state index in [1.807, 2.05) is 19.9 Å². The Morgan fingerprint density at radius 3 is 2.81 bits per heavy atom. The average molecular weight is 355 g/mol. The van der Waals surface area contributed by atoms with Gasteiger partial charge in [0.05, 0.1) is 11.1 Å². The van der Waals surface area contributed by atoms with Gasteiger partial charge < -0.3 is 16.0 Å². The van der Waals surface area contributed by atoms with Gasteiger partial charge in [-0.25, -0.2) is 4.39 Å². The van der Waals surface area contributed by atoms with Crippen molar-refractivity contribution in [2.75, 3.05) is 0 Å². The predicted molar refractivity (Wildman–Crippen MR) is 100 cm³/mol. The van der Waals surface area contributed by atoms with E-state index in [9.17, 15) is 9.59 Å². The number of aryl methyl sites for hydroxylation is 2.